The quantitative estimate of drug-likeness (QED) is 0.796. The summed E-state index contributed by atoms with van der Waals surface area (Å²) < 4.78 is 13.9. The average Bonchev–Trinajstić information content (AvgIpc) is 2.89. The third-order valence-electron chi connectivity index (χ3n) is 3.26. The lowest BCUT2D eigenvalue weighted by Crippen LogP contribution is -2.14. The van der Waals surface area contributed by atoms with E-state index in [9.17, 15) is 14.3 Å². The fourth-order valence-electron chi connectivity index (χ4n) is 2.18. The van der Waals surface area contributed by atoms with Crippen LogP contribution in [0.5, 0.6) is 0 Å². The molecule has 0 aliphatic heterocycles. The highest BCUT2D eigenvalue weighted by Gasteiger charge is 2.24. The van der Waals surface area contributed by atoms with Gasteiger partial charge < -0.3 is 5.11 Å². The van der Waals surface area contributed by atoms with Crippen LogP contribution in [-0.2, 0) is 11.2 Å². The predicted octanol–water partition coefficient (Wildman–Crippen LogP) is 3.85. The van der Waals surface area contributed by atoms with E-state index < -0.39 is 11.9 Å². The first-order valence-corrected chi connectivity index (χ1v) is 7.28. The van der Waals surface area contributed by atoms with E-state index in [4.69, 9.17) is 0 Å². The summed E-state index contributed by atoms with van der Waals surface area (Å²) in [6.07, 6.45) is 0.301. The number of hydrogen-bond acceptors (Lipinski definition) is 3. The van der Waals surface area contributed by atoms with Gasteiger partial charge in [0.15, 0.2) is 0 Å². The number of benzene rings is 2. The number of hydrogen-bond donors (Lipinski definition) is 1. The second kappa shape index (κ2) is 5.61. The van der Waals surface area contributed by atoms with Gasteiger partial charge in [-0.25, -0.2) is 9.37 Å². The molecule has 0 saturated heterocycles. The molecule has 1 unspecified atom stereocenters. The number of aliphatic carboxylic acids is 1. The Morgan fingerprint density at radius 2 is 1.90 bits per heavy atom. The number of para-hydroxylation sites is 1. The molecule has 0 bridgehead atoms. The van der Waals surface area contributed by atoms with Crippen molar-refractivity contribution < 1.29 is 14.3 Å². The number of nitrogens with zero attached hydrogens (tertiary/aromatic N) is 1. The summed E-state index contributed by atoms with van der Waals surface area (Å²) in [5.41, 5.74) is 1.59. The Morgan fingerprint density at radius 1 is 1.19 bits per heavy atom. The smallest absolute Gasteiger partial charge is 0.313 e. The minimum absolute atomic E-state index is 0.301. The molecule has 5 heteroatoms. The average molecular weight is 301 g/mol. The molecule has 3 nitrogen and oxygen atoms in total. The molecule has 1 aromatic heterocycles. The van der Waals surface area contributed by atoms with Crippen molar-refractivity contribution in [3.05, 3.63) is 64.9 Å². The maximum Gasteiger partial charge on any atom is 0.313 e. The van der Waals surface area contributed by atoms with Crippen LogP contribution in [0.4, 0.5) is 4.39 Å². The number of carboxylic acids is 1. The van der Waals surface area contributed by atoms with Crippen LogP contribution >= 0.6 is 11.3 Å². The molecular weight excluding hydrogens is 289 g/mol. The van der Waals surface area contributed by atoms with Gasteiger partial charge in [-0.3, -0.25) is 4.79 Å². The van der Waals surface area contributed by atoms with Gasteiger partial charge in [0.1, 0.15) is 16.7 Å². The first-order valence-electron chi connectivity index (χ1n) is 6.46. The summed E-state index contributed by atoms with van der Waals surface area (Å²) in [5.74, 6) is -1.96. The van der Waals surface area contributed by atoms with Gasteiger partial charge in [-0.15, -0.1) is 11.3 Å². The third kappa shape index (κ3) is 2.92. The lowest BCUT2D eigenvalue weighted by atomic mass is 10.00. The molecule has 1 atom stereocenters. The van der Waals surface area contributed by atoms with Crippen molar-refractivity contribution >= 4 is 27.5 Å². The predicted molar refractivity (Wildman–Crippen MR) is 80.1 cm³/mol. The lowest BCUT2D eigenvalue weighted by Gasteiger charge is -2.09. The molecule has 3 aromatic rings. The van der Waals surface area contributed by atoms with E-state index in [0.717, 1.165) is 15.8 Å². The molecule has 0 amide bonds. The van der Waals surface area contributed by atoms with E-state index in [1.165, 1.54) is 23.5 Å². The van der Waals surface area contributed by atoms with Gasteiger partial charge in [-0.1, -0.05) is 24.3 Å². The summed E-state index contributed by atoms with van der Waals surface area (Å²) >= 11 is 1.39. The van der Waals surface area contributed by atoms with E-state index in [1.807, 2.05) is 24.3 Å². The molecule has 1 N–H and O–H groups in total. The first kappa shape index (κ1) is 13.7. The number of aromatic nitrogens is 1. The number of carbonyl (C=O) groups is 1. The molecule has 0 radical (unpaired) electrons. The normalized spacial score (nSPS) is 12.4. The van der Waals surface area contributed by atoms with Gasteiger partial charge in [0.2, 0.25) is 0 Å². The Bertz CT molecular complexity index is 749. The SMILES string of the molecule is O=C(O)C(Cc1ccc(F)cc1)c1nc2ccccc2s1. The monoisotopic (exact) mass is 301 g/mol. The van der Waals surface area contributed by atoms with Crippen LogP contribution in [0.25, 0.3) is 10.2 Å². The van der Waals surface area contributed by atoms with Gasteiger partial charge in [-0.2, -0.15) is 0 Å². The number of fused-ring (bicyclic) bond motifs is 1. The van der Waals surface area contributed by atoms with E-state index >= 15 is 0 Å². The van der Waals surface area contributed by atoms with Gasteiger partial charge in [-0.05, 0) is 36.2 Å². The Hall–Kier alpha value is -2.27. The molecule has 0 fully saturated rings. The summed E-state index contributed by atoms with van der Waals surface area (Å²) in [7, 11) is 0. The highest BCUT2D eigenvalue weighted by Crippen LogP contribution is 2.30. The lowest BCUT2D eigenvalue weighted by molar-refractivity contribution is -0.138. The molecule has 0 spiro atoms. The number of halogens is 1. The molecule has 3 rings (SSSR count). The van der Waals surface area contributed by atoms with Gasteiger partial charge in [0.25, 0.3) is 0 Å². The third-order valence-corrected chi connectivity index (χ3v) is 4.41. The fourth-order valence-corrected chi connectivity index (χ4v) is 3.24. The Balaban J connectivity index is 1.93. The molecule has 21 heavy (non-hydrogen) atoms. The molecule has 0 saturated carbocycles. The van der Waals surface area contributed by atoms with Crippen molar-refractivity contribution in [3.63, 3.8) is 0 Å². The van der Waals surface area contributed by atoms with Crippen molar-refractivity contribution in [3.8, 4) is 0 Å². The van der Waals surface area contributed by atoms with Crippen molar-refractivity contribution in [1.82, 2.24) is 4.98 Å². The number of thiazole rings is 1. The van der Waals surface area contributed by atoms with Gasteiger partial charge >= 0.3 is 5.97 Å². The fraction of sp³-hybridized carbons (Fsp3) is 0.125. The molecule has 0 aliphatic rings. The van der Waals surface area contributed by atoms with Crippen LogP contribution in [-0.4, -0.2) is 16.1 Å². The first-order chi connectivity index (χ1) is 10.1. The summed E-state index contributed by atoms with van der Waals surface area (Å²) in [5, 5.41) is 10.0. The Morgan fingerprint density at radius 3 is 2.57 bits per heavy atom. The van der Waals surface area contributed by atoms with Crippen LogP contribution < -0.4 is 0 Å². The van der Waals surface area contributed by atoms with E-state index in [-0.39, 0.29) is 5.82 Å². The molecule has 106 valence electrons. The molecule has 2 aromatic carbocycles. The molecule has 0 aliphatic carbocycles. The zero-order valence-electron chi connectivity index (χ0n) is 11.0. The molecular formula is C16H12FNO2S. The van der Waals surface area contributed by atoms with Crippen molar-refractivity contribution in [1.29, 1.82) is 0 Å². The topological polar surface area (TPSA) is 50.2 Å². The number of carboxylic acid groups (broad SMARTS) is 1. The van der Waals surface area contributed by atoms with E-state index in [1.54, 1.807) is 12.1 Å². The zero-order chi connectivity index (χ0) is 14.8. The maximum atomic E-state index is 12.9. The number of rotatable bonds is 4. The Kier molecular flexibility index (Phi) is 3.66. The van der Waals surface area contributed by atoms with Crippen LogP contribution in [0.15, 0.2) is 48.5 Å². The van der Waals surface area contributed by atoms with Crippen LogP contribution in [0.3, 0.4) is 0 Å². The van der Waals surface area contributed by atoms with Crippen molar-refractivity contribution in [2.24, 2.45) is 0 Å². The summed E-state index contributed by atoms with van der Waals surface area (Å²) in [4.78, 5) is 16.0. The van der Waals surface area contributed by atoms with E-state index in [2.05, 4.69) is 4.98 Å². The van der Waals surface area contributed by atoms with Crippen LogP contribution in [0.2, 0.25) is 0 Å². The largest absolute Gasteiger partial charge is 0.481 e. The van der Waals surface area contributed by atoms with E-state index in [0.29, 0.717) is 11.4 Å². The van der Waals surface area contributed by atoms with Crippen molar-refractivity contribution in [2.45, 2.75) is 12.3 Å². The molecule has 1 heterocycles. The summed E-state index contributed by atoms with van der Waals surface area (Å²) in [6.45, 7) is 0. The van der Waals surface area contributed by atoms with Gasteiger partial charge in [0, 0.05) is 0 Å². The maximum absolute atomic E-state index is 12.9. The standard InChI is InChI=1S/C16H12FNO2S/c17-11-7-5-10(6-8-11)9-12(16(19)20)15-18-13-3-1-2-4-14(13)21-15/h1-8,12H,9H2,(H,19,20). The summed E-state index contributed by atoms with van der Waals surface area (Å²) in [6, 6.07) is 13.5. The van der Waals surface area contributed by atoms with Crippen LogP contribution in [0, 0.1) is 5.82 Å². The van der Waals surface area contributed by atoms with Gasteiger partial charge in [0.05, 0.1) is 10.2 Å². The second-order valence-electron chi connectivity index (χ2n) is 4.74. The second-order valence-corrected chi connectivity index (χ2v) is 5.80. The Labute approximate surface area is 124 Å². The van der Waals surface area contributed by atoms with Crippen LogP contribution in [0.1, 0.15) is 16.5 Å². The zero-order valence-corrected chi connectivity index (χ0v) is 11.8. The minimum Gasteiger partial charge on any atom is -0.481 e. The highest BCUT2D eigenvalue weighted by molar-refractivity contribution is 7.18. The highest BCUT2D eigenvalue weighted by atomic mass is 32.1. The minimum atomic E-state index is -0.918. The van der Waals surface area contributed by atoms with Crippen molar-refractivity contribution in [2.75, 3.05) is 0 Å².